The molecule has 5 nitrogen and oxygen atoms in total. The Morgan fingerprint density at radius 3 is 2.42 bits per heavy atom. The van der Waals surface area contributed by atoms with Gasteiger partial charge >= 0.3 is 0 Å². The van der Waals surface area contributed by atoms with Crippen LogP contribution in [0.25, 0.3) is 0 Å². The van der Waals surface area contributed by atoms with Gasteiger partial charge in [-0.1, -0.05) is 6.07 Å². The number of amides is 1. The zero-order valence-corrected chi connectivity index (χ0v) is 15.8. The van der Waals surface area contributed by atoms with Crippen LogP contribution in [0.2, 0.25) is 0 Å². The highest BCUT2D eigenvalue weighted by Crippen LogP contribution is 2.16. The lowest BCUT2D eigenvalue weighted by Crippen LogP contribution is -2.45. The molecule has 0 radical (unpaired) electrons. The van der Waals surface area contributed by atoms with Crippen molar-refractivity contribution in [1.82, 2.24) is 9.80 Å². The van der Waals surface area contributed by atoms with Crippen LogP contribution in [0.3, 0.4) is 0 Å². The van der Waals surface area contributed by atoms with E-state index in [0.717, 1.165) is 31.7 Å². The molecule has 1 heterocycles. The van der Waals surface area contributed by atoms with Crippen molar-refractivity contribution in [2.24, 2.45) is 5.73 Å². The molecule has 1 saturated heterocycles. The summed E-state index contributed by atoms with van der Waals surface area (Å²) < 4.78 is 5.77. The van der Waals surface area contributed by atoms with Crippen molar-refractivity contribution in [3.8, 4) is 5.75 Å². The average Bonchev–Trinajstić information content (AvgIpc) is 2.48. The molecule has 1 amide bonds. The molecule has 6 heteroatoms. The smallest absolute Gasteiger partial charge is 0.236 e. The van der Waals surface area contributed by atoms with E-state index in [1.807, 2.05) is 19.2 Å². The van der Waals surface area contributed by atoms with Crippen molar-refractivity contribution >= 4 is 18.3 Å². The molecule has 1 aromatic rings. The van der Waals surface area contributed by atoms with Crippen molar-refractivity contribution in [1.29, 1.82) is 0 Å². The van der Waals surface area contributed by atoms with Crippen LogP contribution < -0.4 is 10.5 Å². The van der Waals surface area contributed by atoms with E-state index in [2.05, 4.69) is 24.8 Å². The normalized spacial score (nSPS) is 15.7. The summed E-state index contributed by atoms with van der Waals surface area (Å²) in [6.07, 6.45) is 1.96. The third kappa shape index (κ3) is 6.67. The number of nitrogens with zero attached hydrogens (tertiary/aromatic N) is 2. The first-order valence-corrected chi connectivity index (χ1v) is 8.37. The molecule has 1 aromatic carbocycles. The van der Waals surface area contributed by atoms with Gasteiger partial charge in [0.1, 0.15) is 12.4 Å². The van der Waals surface area contributed by atoms with Crippen molar-refractivity contribution in [3.63, 3.8) is 0 Å². The van der Waals surface area contributed by atoms with Crippen molar-refractivity contribution in [2.45, 2.75) is 32.7 Å². The van der Waals surface area contributed by atoms with Gasteiger partial charge in [-0.3, -0.25) is 9.69 Å². The van der Waals surface area contributed by atoms with Gasteiger partial charge in [0.05, 0.1) is 13.1 Å². The number of carbonyl (C=O) groups is 1. The maximum atomic E-state index is 12.2. The highest BCUT2D eigenvalue weighted by atomic mass is 35.5. The molecular formula is C18H30ClN3O2. The van der Waals surface area contributed by atoms with E-state index in [9.17, 15) is 4.79 Å². The summed E-state index contributed by atoms with van der Waals surface area (Å²) in [6.45, 7) is 7.53. The van der Waals surface area contributed by atoms with Gasteiger partial charge in [-0.2, -0.15) is 0 Å². The van der Waals surface area contributed by atoms with E-state index in [1.54, 1.807) is 4.90 Å². The summed E-state index contributed by atoms with van der Waals surface area (Å²) in [5.74, 6) is 1.01. The van der Waals surface area contributed by atoms with Crippen LogP contribution in [-0.4, -0.2) is 61.6 Å². The molecular weight excluding hydrogens is 326 g/mol. The third-order valence-electron chi connectivity index (χ3n) is 4.31. The minimum atomic E-state index is 0. The molecule has 0 bridgehead atoms. The van der Waals surface area contributed by atoms with E-state index >= 15 is 0 Å². The molecule has 136 valence electrons. The SMILES string of the molecule is Cc1cc(C)cc(OCCN(C)C(=O)CN2CCC(N)CC2)c1.Cl. The summed E-state index contributed by atoms with van der Waals surface area (Å²) in [4.78, 5) is 16.2. The van der Waals surface area contributed by atoms with E-state index in [0.29, 0.717) is 25.7 Å². The predicted octanol–water partition coefficient (Wildman–Crippen LogP) is 1.99. The molecule has 0 saturated carbocycles. The zero-order chi connectivity index (χ0) is 16.8. The summed E-state index contributed by atoms with van der Waals surface area (Å²) in [5.41, 5.74) is 8.27. The topological polar surface area (TPSA) is 58.8 Å². The second-order valence-electron chi connectivity index (χ2n) is 6.60. The molecule has 0 spiro atoms. The molecule has 1 aliphatic heterocycles. The Morgan fingerprint density at radius 2 is 1.83 bits per heavy atom. The number of piperidine rings is 1. The van der Waals surface area contributed by atoms with Crippen LogP contribution in [0, 0.1) is 13.8 Å². The highest BCUT2D eigenvalue weighted by Gasteiger charge is 2.19. The molecule has 0 aromatic heterocycles. The Hall–Kier alpha value is -1.30. The van der Waals surface area contributed by atoms with E-state index < -0.39 is 0 Å². The standard InChI is InChI=1S/C18H29N3O2.ClH/c1-14-10-15(2)12-17(11-14)23-9-8-20(3)18(22)13-21-6-4-16(19)5-7-21;/h10-12,16H,4-9,13,19H2,1-3H3;1H. The fraction of sp³-hybridized carbons (Fsp3) is 0.611. The number of halogens is 1. The predicted molar refractivity (Wildman–Crippen MR) is 99.9 cm³/mol. The van der Waals surface area contributed by atoms with Gasteiger partial charge in [-0.05, 0) is 49.9 Å². The van der Waals surface area contributed by atoms with Gasteiger partial charge in [0.25, 0.3) is 0 Å². The minimum Gasteiger partial charge on any atom is -0.492 e. The average molecular weight is 356 g/mol. The first kappa shape index (κ1) is 20.7. The van der Waals surface area contributed by atoms with E-state index in [-0.39, 0.29) is 18.3 Å². The molecule has 2 N–H and O–H groups in total. The number of nitrogens with two attached hydrogens (primary N) is 1. The fourth-order valence-corrected chi connectivity index (χ4v) is 2.86. The van der Waals surface area contributed by atoms with Crippen LogP contribution in [0.4, 0.5) is 0 Å². The number of hydrogen-bond acceptors (Lipinski definition) is 4. The molecule has 1 fully saturated rings. The van der Waals surface area contributed by atoms with E-state index in [1.165, 1.54) is 11.1 Å². The number of likely N-dealkylation sites (tertiary alicyclic amines) is 1. The van der Waals surface area contributed by atoms with Crippen molar-refractivity contribution in [3.05, 3.63) is 29.3 Å². The third-order valence-corrected chi connectivity index (χ3v) is 4.31. The number of likely N-dealkylation sites (N-methyl/N-ethyl adjacent to an activating group) is 1. The molecule has 0 atom stereocenters. The van der Waals surface area contributed by atoms with Gasteiger partial charge in [0.15, 0.2) is 0 Å². The largest absolute Gasteiger partial charge is 0.492 e. The first-order valence-electron chi connectivity index (χ1n) is 8.37. The maximum absolute atomic E-state index is 12.2. The summed E-state index contributed by atoms with van der Waals surface area (Å²) in [6, 6.07) is 6.45. The van der Waals surface area contributed by atoms with Crippen molar-refractivity contribution in [2.75, 3.05) is 39.8 Å². The summed E-state index contributed by atoms with van der Waals surface area (Å²) in [7, 11) is 1.84. The second kappa shape index (κ2) is 9.87. The number of hydrogen-bond donors (Lipinski definition) is 1. The Bertz CT molecular complexity index is 511. The van der Waals surface area contributed by atoms with Gasteiger partial charge in [0, 0.05) is 26.2 Å². The lowest BCUT2D eigenvalue weighted by Gasteiger charge is -2.30. The monoisotopic (exact) mass is 355 g/mol. The van der Waals surface area contributed by atoms with Gasteiger partial charge < -0.3 is 15.4 Å². The molecule has 0 aliphatic carbocycles. The molecule has 24 heavy (non-hydrogen) atoms. The minimum absolute atomic E-state index is 0. The lowest BCUT2D eigenvalue weighted by atomic mass is 10.1. The summed E-state index contributed by atoms with van der Waals surface area (Å²) >= 11 is 0. The van der Waals surface area contributed by atoms with Crippen LogP contribution >= 0.6 is 12.4 Å². The van der Waals surface area contributed by atoms with Gasteiger partial charge in [0.2, 0.25) is 5.91 Å². The molecule has 0 unspecified atom stereocenters. The molecule has 2 rings (SSSR count). The zero-order valence-electron chi connectivity index (χ0n) is 15.0. The second-order valence-corrected chi connectivity index (χ2v) is 6.60. The number of aryl methyl sites for hydroxylation is 2. The Balaban J connectivity index is 0.00000288. The quantitative estimate of drug-likeness (QED) is 0.847. The van der Waals surface area contributed by atoms with Crippen LogP contribution in [-0.2, 0) is 4.79 Å². The summed E-state index contributed by atoms with van der Waals surface area (Å²) in [5, 5.41) is 0. The highest BCUT2D eigenvalue weighted by molar-refractivity contribution is 5.85. The number of ether oxygens (including phenoxy) is 1. The first-order chi connectivity index (χ1) is 10.9. The van der Waals surface area contributed by atoms with E-state index in [4.69, 9.17) is 10.5 Å². The lowest BCUT2D eigenvalue weighted by molar-refractivity contribution is -0.131. The van der Waals surface area contributed by atoms with Crippen molar-refractivity contribution < 1.29 is 9.53 Å². The Morgan fingerprint density at radius 1 is 1.25 bits per heavy atom. The van der Waals surface area contributed by atoms with Crippen LogP contribution in [0.5, 0.6) is 5.75 Å². The number of benzene rings is 1. The maximum Gasteiger partial charge on any atom is 0.236 e. The van der Waals surface area contributed by atoms with Gasteiger partial charge in [-0.15, -0.1) is 12.4 Å². The molecule has 1 aliphatic rings. The fourth-order valence-electron chi connectivity index (χ4n) is 2.86. The number of carbonyl (C=O) groups excluding carboxylic acids is 1. The van der Waals surface area contributed by atoms with Crippen LogP contribution in [0.15, 0.2) is 18.2 Å². The number of rotatable bonds is 6. The van der Waals surface area contributed by atoms with Gasteiger partial charge in [-0.25, -0.2) is 0 Å². The Kier molecular flexibility index (Phi) is 8.53. The van der Waals surface area contributed by atoms with Crippen LogP contribution in [0.1, 0.15) is 24.0 Å². The Labute approximate surface area is 151 Å².